The number of hydrogen-bond donors (Lipinski definition) is 2. The summed E-state index contributed by atoms with van der Waals surface area (Å²) in [5.74, 6) is -1.92. The number of methoxy groups -OCH3 is 1. The Balaban J connectivity index is 1.56. The van der Waals surface area contributed by atoms with Gasteiger partial charge in [-0.2, -0.15) is 0 Å². The van der Waals surface area contributed by atoms with Crippen LogP contribution in [0.15, 0.2) is 34.9 Å². The van der Waals surface area contributed by atoms with Crippen LogP contribution in [0.3, 0.4) is 0 Å². The third kappa shape index (κ3) is 2.75. The van der Waals surface area contributed by atoms with E-state index < -0.39 is 29.2 Å². The number of aromatic nitrogens is 1. The SMILES string of the molecule is COc1ccc2c(c1F)C(=O)N(CC1(c3cc4cc(C)ncc4o3)NC(=O)NC1=O)C2. The van der Waals surface area contributed by atoms with E-state index in [1.54, 1.807) is 18.2 Å². The van der Waals surface area contributed by atoms with E-state index in [1.165, 1.54) is 24.3 Å². The van der Waals surface area contributed by atoms with Crippen molar-refractivity contribution in [1.82, 2.24) is 20.5 Å². The highest BCUT2D eigenvalue weighted by atomic mass is 19.1. The van der Waals surface area contributed by atoms with Crippen molar-refractivity contribution in [1.29, 1.82) is 0 Å². The number of rotatable bonds is 4. The van der Waals surface area contributed by atoms with Crippen molar-refractivity contribution in [3.05, 3.63) is 58.9 Å². The first-order valence-corrected chi connectivity index (χ1v) is 9.47. The zero-order valence-electron chi connectivity index (χ0n) is 16.6. The van der Waals surface area contributed by atoms with Crippen molar-refractivity contribution in [3.8, 4) is 5.75 Å². The molecule has 0 radical (unpaired) electrons. The van der Waals surface area contributed by atoms with Gasteiger partial charge in [0.2, 0.25) is 0 Å². The molecule has 0 spiro atoms. The van der Waals surface area contributed by atoms with Crippen LogP contribution in [-0.4, -0.2) is 41.4 Å². The number of fused-ring (bicyclic) bond motifs is 2. The molecule has 0 bridgehead atoms. The minimum atomic E-state index is -1.66. The van der Waals surface area contributed by atoms with Crippen molar-refractivity contribution in [3.63, 3.8) is 0 Å². The molecular formula is C21H17FN4O5. The van der Waals surface area contributed by atoms with Crippen molar-refractivity contribution < 1.29 is 27.9 Å². The fraction of sp³-hybridized carbons (Fsp3) is 0.238. The third-order valence-electron chi connectivity index (χ3n) is 5.61. The minimum absolute atomic E-state index is 0.0456. The Bertz CT molecular complexity index is 1290. The molecule has 158 valence electrons. The van der Waals surface area contributed by atoms with E-state index in [1.807, 2.05) is 6.92 Å². The van der Waals surface area contributed by atoms with Gasteiger partial charge in [-0.05, 0) is 30.7 Å². The van der Waals surface area contributed by atoms with Gasteiger partial charge in [-0.25, -0.2) is 9.18 Å². The normalized spacial score (nSPS) is 20.2. The molecule has 31 heavy (non-hydrogen) atoms. The van der Waals surface area contributed by atoms with Gasteiger partial charge in [0.05, 0.1) is 25.4 Å². The maximum atomic E-state index is 14.7. The number of nitrogens with zero attached hydrogens (tertiary/aromatic N) is 2. The van der Waals surface area contributed by atoms with Gasteiger partial charge in [0.1, 0.15) is 5.76 Å². The van der Waals surface area contributed by atoms with Crippen LogP contribution >= 0.6 is 0 Å². The number of carbonyl (C=O) groups excluding carboxylic acids is 3. The molecule has 10 heteroatoms. The van der Waals surface area contributed by atoms with Gasteiger partial charge in [0.15, 0.2) is 22.7 Å². The van der Waals surface area contributed by atoms with Crippen molar-refractivity contribution >= 4 is 28.8 Å². The number of furan rings is 1. The monoisotopic (exact) mass is 424 g/mol. The highest BCUT2D eigenvalue weighted by molar-refractivity contribution is 6.08. The number of ether oxygens (including phenoxy) is 1. The lowest BCUT2D eigenvalue weighted by atomic mass is 9.95. The summed E-state index contributed by atoms with van der Waals surface area (Å²) in [5, 5.41) is 5.50. The Morgan fingerprint density at radius 2 is 2.10 bits per heavy atom. The van der Waals surface area contributed by atoms with Crippen molar-refractivity contribution in [2.75, 3.05) is 13.7 Å². The second kappa shape index (κ2) is 6.53. The average molecular weight is 424 g/mol. The van der Waals surface area contributed by atoms with Gasteiger partial charge in [-0.15, -0.1) is 0 Å². The number of imide groups is 1. The Kier molecular flexibility index (Phi) is 4.01. The van der Waals surface area contributed by atoms with Gasteiger partial charge in [0.25, 0.3) is 11.8 Å². The predicted octanol–water partition coefficient (Wildman–Crippen LogP) is 1.97. The molecule has 1 fully saturated rings. The highest BCUT2D eigenvalue weighted by Gasteiger charge is 2.53. The molecule has 9 nitrogen and oxygen atoms in total. The van der Waals surface area contributed by atoms with E-state index in [4.69, 9.17) is 9.15 Å². The van der Waals surface area contributed by atoms with Crippen LogP contribution < -0.4 is 15.4 Å². The second-order valence-electron chi connectivity index (χ2n) is 7.56. The van der Waals surface area contributed by atoms with Crippen molar-refractivity contribution in [2.24, 2.45) is 0 Å². The fourth-order valence-corrected chi connectivity index (χ4v) is 4.09. The topological polar surface area (TPSA) is 114 Å². The van der Waals surface area contributed by atoms with E-state index >= 15 is 0 Å². The molecule has 3 aromatic rings. The maximum absolute atomic E-state index is 14.7. The molecule has 0 aliphatic carbocycles. The molecular weight excluding hydrogens is 407 g/mol. The van der Waals surface area contributed by atoms with Crippen LogP contribution in [0.2, 0.25) is 0 Å². The van der Waals surface area contributed by atoms with Gasteiger partial charge in [-0.3, -0.25) is 19.9 Å². The molecule has 2 N–H and O–H groups in total. The van der Waals surface area contributed by atoms with Crippen molar-refractivity contribution in [2.45, 2.75) is 19.0 Å². The van der Waals surface area contributed by atoms with Gasteiger partial charge in [-0.1, -0.05) is 6.07 Å². The molecule has 4 heterocycles. The molecule has 1 atom stereocenters. The summed E-state index contributed by atoms with van der Waals surface area (Å²) in [7, 11) is 1.31. The van der Waals surface area contributed by atoms with E-state index in [0.717, 1.165) is 5.69 Å². The minimum Gasteiger partial charge on any atom is -0.494 e. The summed E-state index contributed by atoms with van der Waals surface area (Å²) < 4.78 is 25.5. The zero-order valence-corrected chi connectivity index (χ0v) is 16.6. The average Bonchev–Trinajstić information content (AvgIpc) is 3.37. The lowest BCUT2D eigenvalue weighted by molar-refractivity contribution is -0.125. The van der Waals surface area contributed by atoms with E-state index in [2.05, 4.69) is 15.6 Å². The van der Waals surface area contributed by atoms with Gasteiger partial charge in [0, 0.05) is 17.6 Å². The maximum Gasteiger partial charge on any atom is 0.322 e. The molecule has 2 aliphatic heterocycles. The van der Waals surface area contributed by atoms with Crippen LogP contribution in [0.4, 0.5) is 9.18 Å². The van der Waals surface area contributed by atoms with Gasteiger partial charge >= 0.3 is 6.03 Å². The van der Waals surface area contributed by atoms with E-state index in [-0.39, 0.29) is 30.2 Å². The fourth-order valence-electron chi connectivity index (χ4n) is 4.09. The lowest BCUT2D eigenvalue weighted by Gasteiger charge is -2.29. The summed E-state index contributed by atoms with van der Waals surface area (Å²) in [6, 6.07) is 5.75. The molecule has 1 unspecified atom stereocenters. The number of benzene rings is 1. The van der Waals surface area contributed by atoms with Gasteiger partial charge < -0.3 is 19.4 Å². The Hall–Kier alpha value is -3.95. The molecule has 4 amide bonds. The summed E-state index contributed by atoms with van der Waals surface area (Å²) in [4.78, 5) is 43.4. The van der Waals surface area contributed by atoms with Crippen LogP contribution in [0.25, 0.3) is 11.0 Å². The molecule has 2 aliphatic rings. The molecule has 5 rings (SSSR count). The highest BCUT2D eigenvalue weighted by Crippen LogP contribution is 2.36. The number of hydrogen-bond acceptors (Lipinski definition) is 6. The van der Waals surface area contributed by atoms with E-state index in [0.29, 0.717) is 16.5 Å². The summed E-state index contributed by atoms with van der Waals surface area (Å²) in [6.07, 6.45) is 1.52. The van der Waals surface area contributed by atoms with Crippen LogP contribution in [0.1, 0.15) is 27.4 Å². The molecule has 1 aromatic carbocycles. The predicted molar refractivity (Wildman–Crippen MR) is 105 cm³/mol. The number of halogens is 1. The number of aryl methyl sites for hydroxylation is 1. The van der Waals surface area contributed by atoms with Crippen LogP contribution in [0, 0.1) is 12.7 Å². The number of nitrogens with one attached hydrogen (secondary N) is 2. The van der Waals surface area contributed by atoms with Crippen LogP contribution in [-0.2, 0) is 16.9 Å². The second-order valence-corrected chi connectivity index (χ2v) is 7.56. The summed E-state index contributed by atoms with van der Waals surface area (Å²) in [6.45, 7) is 1.64. The standard InChI is InChI=1S/C21H17FN4O5/c1-10-5-12-6-15(31-14(12)7-23-10)21(19(28)24-20(29)25-21)9-26-8-11-3-4-13(30-2)17(22)16(11)18(26)27/h3-7H,8-9H2,1-2H3,(H2,24,25,28,29). The quantitative estimate of drug-likeness (QED) is 0.619. The first-order chi connectivity index (χ1) is 14.8. The summed E-state index contributed by atoms with van der Waals surface area (Å²) >= 11 is 0. The number of pyridine rings is 1. The Labute approximate surface area is 175 Å². The molecule has 0 saturated carbocycles. The molecule has 1 saturated heterocycles. The third-order valence-corrected chi connectivity index (χ3v) is 5.61. The first-order valence-electron chi connectivity index (χ1n) is 9.47. The number of amides is 4. The zero-order chi connectivity index (χ0) is 21.9. The number of urea groups is 1. The first kappa shape index (κ1) is 19.0. The number of carbonyl (C=O) groups is 3. The summed E-state index contributed by atoms with van der Waals surface area (Å²) in [5.41, 5.74) is -0.122. The lowest BCUT2D eigenvalue weighted by Crippen LogP contribution is -2.52. The Morgan fingerprint density at radius 3 is 2.81 bits per heavy atom. The van der Waals surface area contributed by atoms with Crippen LogP contribution in [0.5, 0.6) is 5.75 Å². The smallest absolute Gasteiger partial charge is 0.322 e. The van der Waals surface area contributed by atoms with E-state index in [9.17, 15) is 18.8 Å². The molecule has 2 aromatic heterocycles. The largest absolute Gasteiger partial charge is 0.494 e. The Morgan fingerprint density at radius 1 is 1.29 bits per heavy atom.